The third-order valence-corrected chi connectivity index (χ3v) is 5.47. The lowest BCUT2D eigenvalue weighted by molar-refractivity contribution is 0.278. The summed E-state index contributed by atoms with van der Waals surface area (Å²) in [5, 5.41) is 5.45. The molecule has 9 nitrogen and oxygen atoms in total. The van der Waals surface area contributed by atoms with Crippen LogP contribution in [0.15, 0.2) is 36.5 Å². The molecule has 5 rings (SSSR count). The molecule has 0 bridgehead atoms. The molecule has 4 aromatic rings. The Bertz CT molecular complexity index is 1200. The molecule has 0 fully saturated rings. The van der Waals surface area contributed by atoms with Gasteiger partial charge in [0, 0.05) is 31.1 Å². The minimum atomic E-state index is 0.312. The van der Waals surface area contributed by atoms with E-state index in [1.165, 1.54) is 17.7 Å². The average molecular weight is 509 g/mol. The number of aromatic nitrogens is 5. The Labute approximate surface area is 221 Å². The second-order valence-corrected chi connectivity index (χ2v) is 8.51. The van der Waals surface area contributed by atoms with Crippen LogP contribution >= 0.6 is 0 Å². The smallest absolute Gasteiger partial charge is 0.223 e. The zero-order valence-corrected chi connectivity index (χ0v) is 23.4. The van der Waals surface area contributed by atoms with Crippen molar-refractivity contribution in [2.75, 3.05) is 25.9 Å². The number of nitrogen functional groups attached to an aromatic ring is 1. The molecule has 0 saturated carbocycles. The second kappa shape index (κ2) is 15.7. The summed E-state index contributed by atoms with van der Waals surface area (Å²) < 4.78 is 7.02. The van der Waals surface area contributed by atoms with E-state index in [1.807, 2.05) is 44.3 Å². The fourth-order valence-corrected chi connectivity index (χ4v) is 3.82. The molecule has 0 saturated heterocycles. The lowest BCUT2D eigenvalue weighted by atomic mass is 10.2. The van der Waals surface area contributed by atoms with Crippen molar-refractivity contribution in [2.45, 2.75) is 73.4 Å². The van der Waals surface area contributed by atoms with Gasteiger partial charge in [-0.3, -0.25) is 9.88 Å². The standard InChI is InChI=1S/C20H21N7O.C3H9N.C3H8.C2H6/c1-28-16-7-2-6-14-18(16)24-20(21)27-19(14)23-17(25-27)8-4-10-26-11-13-5-3-9-22-15(13)12-26;1-2-3-4;1-3-2;1-2/h2-3,5-7,9H,4,8,10-12H2,1H3,(H2,21,24);2-4H2,1H3;3H2,1-2H3;1-2H3. The lowest BCUT2D eigenvalue weighted by Gasteiger charge is -2.13. The van der Waals surface area contributed by atoms with Crippen molar-refractivity contribution in [2.24, 2.45) is 5.73 Å². The molecule has 3 aromatic heterocycles. The summed E-state index contributed by atoms with van der Waals surface area (Å²) in [4.78, 5) is 16.0. The number of rotatable bonds is 6. The van der Waals surface area contributed by atoms with E-state index in [-0.39, 0.29) is 0 Å². The van der Waals surface area contributed by atoms with Crippen molar-refractivity contribution in [1.82, 2.24) is 29.5 Å². The summed E-state index contributed by atoms with van der Waals surface area (Å²) in [5.74, 6) is 1.77. The normalized spacial score (nSPS) is 12.1. The Kier molecular flexibility index (Phi) is 12.7. The van der Waals surface area contributed by atoms with Gasteiger partial charge in [-0.2, -0.15) is 4.52 Å². The van der Waals surface area contributed by atoms with Crippen LogP contribution in [-0.4, -0.2) is 49.7 Å². The number of nitrogens with zero attached hydrogens (tertiary/aromatic N) is 6. The maximum absolute atomic E-state index is 6.11. The molecule has 0 spiro atoms. The first kappa shape index (κ1) is 29.9. The van der Waals surface area contributed by atoms with Crippen molar-refractivity contribution >= 4 is 22.5 Å². The maximum Gasteiger partial charge on any atom is 0.223 e. The predicted octanol–water partition coefficient (Wildman–Crippen LogP) is 5.01. The van der Waals surface area contributed by atoms with Crippen LogP contribution in [-0.2, 0) is 19.5 Å². The molecular weight excluding hydrogens is 464 g/mol. The van der Waals surface area contributed by atoms with Crippen LogP contribution in [0.25, 0.3) is 16.6 Å². The fraction of sp³-hybridized carbons (Fsp3) is 0.500. The van der Waals surface area contributed by atoms with Gasteiger partial charge in [0.05, 0.1) is 12.8 Å². The number of hydrogen-bond acceptors (Lipinski definition) is 8. The maximum atomic E-state index is 6.11. The van der Waals surface area contributed by atoms with Crippen LogP contribution in [0.3, 0.4) is 0 Å². The van der Waals surface area contributed by atoms with E-state index < -0.39 is 0 Å². The van der Waals surface area contributed by atoms with Gasteiger partial charge in [0.15, 0.2) is 11.5 Å². The van der Waals surface area contributed by atoms with Gasteiger partial charge in [0.25, 0.3) is 0 Å². The van der Waals surface area contributed by atoms with E-state index in [0.717, 1.165) is 56.7 Å². The minimum Gasteiger partial charge on any atom is -0.494 e. The highest BCUT2D eigenvalue weighted by Crippen LogP contribution is 2.27. The van der Waals surface area contributed by atoms with Crippen molar-refractivity contribution in [1.29, 1.82) is 0 Å². The highest BCUT2D eigenvalue weighted by molar-refractivity contribution is 5.95. The van der Waals surface area contributed by atoms with E-state index in [4.69, 9.17) is 21.2 Å². The number of ether oxygens (including phenoxy) is 1. The van der Waals surface area contributed by atoms with Gasteiger partial charge in [-0.25, -0.2) is 9.97 Å². The van der Waals surface area contributed by atoms with E-state index in [0.29, 0.717) is 22.9 Å². The molecule has 0 unspecified atom stereocenters. The monoisotopic (exact) mass is 508 g/mol. The van der Waals surface area contributed by atoms with Gasteiger partial charge < -0.3 is 16.2 Å². The Hall–Kier alpha value is -3.30. The topological polar surface area (TPSA) is 120 Å². The van der Waals surface area contributed by atoms with E-state index >= 15 is 0 Å². The highest BCUT2D eigenvalue weighted by Gasteiger charge is 2.19. The SMILES string of the molecule is CC.CCC.CCCN.COc1cccc2c1nc(N)n1nc(CCCN3Cc4cccnc4C3)nc21. The van der Waals surface area contributed by atoms with Crippen LogP contribution < -0.4 is 16.2 Å². The molecule has 4 N–H and O–H groups in total. The summed E-state index contributed by atoms with van der Waals surface area (Å²) in [6, 6.07) is 9.91. The van der Waals surface area contributed by atoms with Crippen LogP contribution in [0, 0.1) is 0 Å². The Morgan fingerprint density at radius 3 is 2.41 bits per heavy atom. The Morgan fingerprint density at radius 1 is 1.03 bits per heavy atom. The molecule has 0 amide bonds. The van der Waals surface area contributed by atoms with Crippen LogP contribution in [0.1, 0.15) is 71.0 Å². The largest absolute Gasteiger partial charge is 0.494 e. The number of benzene rings is 1. The zero-order chi connectivity index (χ0) is 27.2. The minimum absolute atomic E-state index is 0.312. The Balaban J connectivity index is 0.000000473. The summed E-state index contributed by atoms with van der Waals surface area (Å²) in [6.45, 7) is 14.0. The second-order valence-electron chi connectivity index (χ2n) is 8.51. The molecule has 0 radical (unpaired) electrons. The highest BCUT2D eigenvalue weighted by atomic mass is 16.5. The zero-order valence-electron chi connectivity index (χ0n) is 23.4. The molecule has 0 aliphatic carbocycles. The molecule has 1 aliphatic rings. The van der Waals surface area contributed by atoms with Gasteiger partial charge in [0.1, 0.15) is 11.3 Å². The average Bonchev–Trinajstić information content (AvgIpc) is 3.55. The molecule has 37 heavy (non-hydrogen) atoms. The van der Waals surface area contributed by atoms with Gasteiger partial charge in [-0.15, -0.1) is 5.10 Å². The predicted molar refractivity (Wildman–Crippen MR) is 153 cm³/mol. The third kappa shape index (κ3) is 7.84. The number of methoxy groups -OCH3 is 1. The molecular formula is C28H44N8O. The first-order chi connectivity index (χ1) is 18.1. The number of para-hydroxylation sites is 1. The number of anilines is 1. The third-order valence-electron chi connectivity index (χ3n) is 5.47. The first-order valence-corrected chi connectivity index (χ1v) is 13.4. The summed E-state index contributed by atoms with van der Waals surface area (Å²) in [6.07, 6.45) is 5.97. The van der Waals surface area contributed by atoms with E-state index in [1.54, 1.807) is 11.6 Å². The van der Waals surface area contributed by atoms with Crippen molar-refractivity contribution < 1.29 is 4.74 Å². The van der Waals surface area contributed by atoms with E-state index in [2.05, 4.69) is 46.8 Å². The number of pyridine rings is 1. The first-order valence-electron chi connectivity index (χ1n) is 13.4. The molecule has 202 valence electrons. The summed E-state index contributed by atoms with van der Waals surface area (Å²) in [5.41, 5.74) is 15.1. The Morgan fingerprint density at radius 2 is 1.76 bits per heavy atom. The van der Waals surface area contributed by atoms with Crippen LogP contribution in [0.4, 0.5) is 5.95 Å². The van der Waals surface area contributed by atoms with E-state index in [9.17, 15) is 0 Å². The van der Waals surface area contributed by atoms with Gasteiger partial charge in [0.2, 0.25) is 5.95 Å². The quantitative estimate of drug-likeness (QED) is 0.373. The summed E-state index contributed by atoms with van der Waals surface area (Å²) in [7, 11) is 1.62. The number of aryl methyl sites for hydroxylation is 1. The van der Waals surface area contributed by atoms with Crippen LogP contribution in [0.2, 0.25) is 0 Å². The molecule has 1 aliphatic heterocycles. The number of fused-ring (bicyclic) bond motifs is 4. The molecule has 4 heterocycles. The molecule has 9 heteroatoms. The molecule has 0 atom stereocenters. The van der Waals surface area contributed by atoms with Crippen molar-refractivity contribution in [3.05, 3.63) is 53.6 Å². The summed E-state index contributed by atoms with van der Waals surface area (Å²) >= 11 is 0. The van der Waals surface area contributed by atoms with Gasteiger partial charge in [-0.05, 0) is 49.7 Å². The van der Waals surface area contributed by atoms with Crippen molar-refractivity contribution in [3.63, 3.8) is 0 Å². The van der Waals surface area contributed by atoms with Gasteiger partial charge in [-0.1, -0.05) is 53.2 Å². The number of nitrogens with two attached hydrogens (primary N) is 2. The number of hydrogen-bond donors (Lipinski definition) is 2. The van der Waals surface area contributed by atoms with Crippen LogP contribution in [0.5, 0.6) is 5.75 Å². The fourth-order valence-electron chi connectivity index (χ4n) is 3.82. The molecule has 1 aromatic carbocycles. The lowest BCUT2D eigenvalue weighted by Crippen LogP contribution is -2.18. The van der Waals surface area contributed by atoms with Gasteiger partial charge >= 0.3 is 0 Å². The van der Waals surface area contributed by atoms with Crippen molar-refractivity contribution in [3.8, 4) is 5.75 Å².